The van der Waals surface area contributed by atoms with E-state index in [2.05, 4.69) is 17.2 Å². The molecule has 4 aromatic rings. The molecular formula is C33H27ClF3NO. The molecule has 0 amide bonds. The predicted octanol–water partition coefficient (Wildman–Crippen LogP) is 8.22. The molecule has 1 aliphatic carbocycles. The van der Waals surface area contributed by atoms with Gasteiger partial charge < -0.3 is 10.4 Å². The van der Waals surface area contributed by atoms with Crippen LogP contribution in [0.2, 0.25) is 5.02 Å². The lowest BCUT2D eigenvalue weighted by Crippen LogP contribution is -2.44. The first kappa shape index (κ1) is 26.9. The van der Waals surface area contributed by atoms with Crippen molar-refractivity contribution in [2.24, 2.45) is 5.92 Å². The molecule has 0 heterocycles. The van der Waals surface area contributed by atoms with E-state index in [9.17, 15) is 18.3 Å². The van der Waals surface area contributed by atoms with Gasteiger partial charge in [-0.25, -0.2) is 0 Å². The van der Waals surface area contributed by atoms with Crippen LogP contribution in [0.3, 0.4) is 0 Å². The quantitative estimate of drug-likeness (QED) is 0.189. The molecule has 2 N–H and O–H groups in total. The zero-order valence-electron chi connectivity index (χ0n) is 21.3. The van der Waals surface area contributed by atoms with E-state index in [1.54, 1.807) is 0 Å². The minimum atomic E-state index is -5.07. The molecular weight excluding hydrogens is 519 g/mol. The van der Waals surface area contributed by atoms with Crippen LogP contribution in [0.4, 0.5) is 18.9 Å². The van der Waals surface area contributed by atoms with E-state index >= 15 is 0 Å². The number of anilines is 1. The lowest BCUT2D eigenvalue weighted by molar-refractivity contribution is -0.240. The molecule has 0 radical (unpaired) electrons. The Morgan fingerprint density at radius 3 is 1.85 bits per heavy atom. The average molecular weight is 546 g/mol. The van der Waals surface area contributed by atoms with E-state index in [4.69, 9.17) is 11.6 Å². The maximum Gasteiger partial charge on any atom is 0.433 e. The van der Waals surface area contributed by atoms with Gasteiger partial charge in [0.2, 0.25) is 5.60 Å². The summed E-state index contributed by atoms with van der Waals surface area (Å²) in [4.78, 5) is 0. The van der Waals surface area contributed by atoms with Crippen LogP contribution in [0.1, 0.15) is 40.7 Å². The number of halogens is 4. The van der Waals surface area contributed by atoms with Gasteiger partial charge in [0.15, 0.2) is 0 Å². The number of aliphatic hydroxyl groups is 1. The highest BCUT2D eigenvalue weighted by molar-refractivity contribution is 6.30. The van der Waals surface area contributed by atoms with Crippen LogP contribution in [0, 0.1) is 24.7 Å². The van der Waals surface area contributed by atoms with Gasteiger partial charge in [0.25, 0.3) is 0 Å². The van der Waals surface area contributed by atoms with Gasteiger partial charge in [0, 0.05) is 22.2 Å². The summed E-state index contributed by atoms with van der Waals surface area (Å²) in [6.45, 7) is 1.98. The molecule has 5 rings (SSSR count). The summed E-state index contributed by atoms with van der Waals surface area (Å²) >= 11 is 6.23. The first-order valence-electron chi connectivity index (χ1n) is 12.7. The number of benzene rings is 4. The summed E-state index contributed by atoms with van der Waals surface area (Å²) in [5, 5.41) is 14.8. The molecule has 0 aliphatic heterocycles. The van der Waals surface area contributed by atoms with Crippen LogP contribution >= 0.6 is 11.6 Å². The molecule has 1 atom stereocenters. The summed E-state index contributed by atoms with van der Waals surface area (Å²) in [6.07, 6.45) is -3.62. The second kappa shape index (κ2) is 10.4. The maximum absolute atomic E-state index is 14.6. The normalized spacial score (nSPS) is 15.1. The molecule has 1 fully saturated rings. The highest BCUT2D eigenvalue weighted by atomic mass is 35.5. The third kappa shape index (κ3) is 5.28. The van der Waals surface area contributed by atoms with Gasteiger partial charge in [-0.1, -0.05) is 114 Å². The van der Waals surface area contributed by atoms with E-state index in [0.717, 1.165) is 41.2 Å². The molecule has 4 aromatic carbocycles. The van der Waals surface area contributed by atoms with Gasteiger partial charge in [-0.15, -0.1) is 0 Å². The smallest absolute Gasteiger partial charge is 0.368 e. The molecule has 198 valence electrons. The molecule has 1 aliphatic rings. The first-order valence-corrected chi connectivity index (χ1v) is 13.1. The fourth-order valence-corrected chi connectivity index (χ4v) is 4.92. The Morgan fingerprint density at radius 2 is 1.33 bits per heavy atom. The summed E-state index contributed by atoms with van der Waals surface area (Å²) in [5.41, 5.74) is -1.45. The van der Waals surface area contributed by atoms with Crippen LogP contribution in [0.5, 0.6) is 0 Å². The van der Waals surface area contributed by atoms with Crippen molar-refractivity contribution in [3.8, 4) is 11.8 Å². The van der Waals surface area contributed by atoms with Crippen LogP contribution in [-0.4, -0.2) is 11.3 Å². The lowest BCUT2D eigenvalue weighted by Gasteiger charge is -2.39. The van der Waals surface area contributed by atoms with Crippen molar-refractivity contribution in [3.05, 3.63) is 136 Å². The number of rotatable bonds is 6. The fraction of sp³-hybridized carbons (Fsp3) is 0.212. The van der Waals surface area contributed by atoms with E-state index in [1.807, 2.05) is 91.9 Å². The number of nitrogens with one attached hydrogen (secondary N) is 1. The highest BCUT2D eigenvalue weighted by Gasteiger charge is 2.56. The average Bonchev–Trinajstić information content (AvgIpc) is 3.77. The Morgan fingerprint density at radius 1 is 0.795 bits per heavy atom. The fourth-order valence-electron chi connectivity index (χ4n) is 4.75. The third-order valence-corrected chi connectivity index (χ3v) is 7.27. The largest absolute Gasteiger partial charge is 0.433 e. The molecule has 1 unspecified atom stereocenters. The van der Waals surface area contributed by atoms with E-state index in [-0.39, 0.29) is 16.6 Å². The summed E-state index contributed by atoms with van der Waals surface area (Å²) < 4.78 is 43.8. The summed E-state index contributed by atoms with van der Waals surface area (Å²) in [6, 6.07) is 31.0. The number of alkyl halides is 3. The third-order valence-electron chi connectivity index (χ3n) is 7.04. The van der Waals surface area contributed by atoms with Crippen LogP contribution in [0.15, 0.2) is 103 Å². The Labute approximate surface area is 231 Å². The zero-order chi connectivity index (χ0) is 27.7. The van der Waals surface area contributed by atoms with Gasteiger partial charge >= 0.3 is 6.18 Å². The zero-order valence-corrected chi connectivity index (χ0v) is 22.0. The van der Waals surface area contributed by atoms with Crippen LogP contribution in [-0.2, 0) is 11.1 Å². The number of hydrogen-bond donors (Lipinski definition) is 2. The minimum Gasteiger partial charge on any atom is -0.368 e. The lowest BCUT2D eigenvalue weighted by atomic mass is 9.76. The van der Waals surface area contributed by atoms with Crippen molar-refractivity contribution in [2.45, 2.75) is 37.1 Å². The molecule has 2 nitrogen and oxygen atoms in total. The van der Waals surface area contributed by atoms with Crippen molar-refractivity contribution >= 4 is 17.3 Å². The first-order chi connectivity index (χ1) is 18.6. The van der Waals surface area contributed by atoms with Crippen molar-refractivity contribution < 1.29 is 18.3 Å². The maximum atomic E-state index is 14.6. The highest BCUT2D eigenvalue weighted by Crippen LogP contribution is 2.47. The molecule has 0 bridgehead atoms. The number of aryl methyl sites for hydroxylation is 1. The molecule has 0 saturated heterocycles. The molecule has 39 heavy (non-hydrogen) atoms. The Kier molecular flexibility index (Phi) is 7.20. The van der Waals surface area contributed by atoms with Crippen molar-refractivity contribution in [3.63, 3.8) is 0 Å². The molecule has 0 aromatic heterocycles. The second-order valence-corrected chi connectivity index (χ2v) is 10.4. The van der Waals surface area contributed by atoms with Gasteiger partial charge in [0.05, 0.1) is 0 Å². The van der Waals surface area contributed by atoms with Gasteiger partial charge in [0.1, 0.15) is 5.54 Å². The van der Waals surface area contributed by atoms with Crippen molar-refractivity contribution in [1.29, 1.82) is 0 Å². The summed E-state index contributed by atoms with van der Waals surface area (Å²) in [5.74, 6) is 4.65. The predicted molar refractivity (Wildman–Crippen MR) is 149 cm³/mol. The van der Waals surface area contributed by atoms with Gasteiger partial charge in [-0.3, -0.25) is 0 Å². The van der Waals surface area contributed by atoms with Gasteiger partial charge in [-0.2, -0.15) is 13.2 Å². The molecule has 1 saturated carbocycles. The second-order valence-electron chi connectivity index (χ2n) is 9.91. The minimum absolute atomic E-state index is 0.0619. The van der Waals surface area contributed by atoms with E-state index < -0.39 is 22.9 Å². The Bertz CT molecular complexity index is 1460. The standard InChI is InChI=1S/C33H27ClF3NO/c1-23-12-16-27(17-13-23)32(25-8-4-2-5-9-25,26-10-6-3-7-11-26)38-30-19-18-28(34)22-29(30)31(39,33(35,36)37)21-20-24-14-15-24/h2-13,16-19,22,24,38-39H,14-15H2,1H3. The van der Waals surface area contributed by atoms with E-state index in [0.29, 0.717) is 0 Å². The number of hydrogen-bond acceptors (Lipinski definition) is 2. The molecule has 0 spiro atoms. The molecule has 6 heteroatoms. The SMILES string of the molecule is Cc1ccc(C(Nc2ccc(Cl)cc2C(O)(C#CC2CC2)C(F)(F)F)(c2ccccc2)c2ccccc2)cc1. The Balaban J connectivity index is 1.79. The van der Waals surface area contributed by atoms with Crippen LogP contribution < -0.4 is 5.32 Å². The monoisotopic (exact) mass is 545 g/mol. The van der Waals surface area contributed by atoms with E-state index in [1.165, 1.54) is 12.1 Å². The Hall–Kier alpha value is -3.72. The van der Waals surface area contributed by atoms with Crippen LogP contribution in [0.25, 0.3) is 0 Å². The summed E-state index contributed by atoms with van der Waals surface area (Å²) in [7, 11) is 0. The van der Waals surface area contributed by atoms with Crippen molar-refractivity contribution in [2.75, 3.05) is 5.32 Å². The van der Waals surface area contributed by atoms with Gasteiger partial charge in [-0.05, 0) is 54.7 Å². The topological polar surface area (TPSA) is 32.3 Å². The van der Waals surface area contributed by atoms with Crippen molar-refractivity contribution in [1.82, 2.24) is 0 Å².